The smallest absolute Gasteiger partial charge is 0.261 e. The lowest BCUT2D eigenvalue weighted by Gasteiger charge is -2.34. The van der Waals surface area contributed by atoms with Crippen LogP contribution in [0.2, 0.25) is 0 Å². The molecule has 0 saturated carbocycles. The zero-order valence-corrected chi connectivity index (χ0v) is 19.4. The summed E-state index contributed by atoms with van der Waals surface area (Å²) in [4.78, 5) is 36.9. The van der Waals surface area contributed by atoms with Crippen molar-refractivity contribution in [2.24, 2.45) is 0 Å². The van der Waals surface area contributed by atoms with Crippen LogP contribution in [-0.2, 0) is 17.9 Å². The fourth-order valence-electron chi connectivity index (χ4n) is 4.29. The van der Waals surface area contributed by atoms with Crippen LogP contribution in [0.4, 0.5) is 0 Å². The lowest BCUT2D eigenvalue weighted by molar-refractivity contribution is -0.133. The molecule has 1 aliphatic rings. The fourth-order valence-corrected chi connectivity index (χ4v) is 5.35. The molecule has 0 unspecified atom stereocenters. The number of piperazine rings is 1. The molecule has 6 nitrogen and oxygen atoms in total. The van der Waals surface area contributed by atoms with Gasteiger partial charge in [0.2, 0.25) is 5.91 Å². The number of rotatable bonds is 5. The van der Waals surface area contributed by atoms with Crippen molar-refractivity contribution >= 4 is 28.1 Å². The van der Waals surface area contributed by atoms with E-state index < -0.39 is 0 Å². The summed E-state index contributed by atoms with van der Waals surface area (Å²) in [6.07, 6.45) is 1.49. The van der Waals surface area contributed by atoms with Gasteiger partial charge >= 0.3 is 0 Å². The summed E-state index contributed by atoms with van der Waals surface area (Å²) < 4.78 is 1.42. The number of para-hydroxylation sites is 1. The van der Waals surface area contributed by atoms with Gasteiger partial charge in [-0.2, -0.15) is 0 Å². The molecule has 4 aromatic rings. The third-order valence-electron chi connectivity index (χ3n) is 6.19. The summed E-state index contributed by atoms with van der Waals surface area (Å²) in [5.74, 6) is -0.0342. The normalized spacial score (nSPS) is 14.6. The van der Waals surface area contributed by atoms with Gasteiger partial charge in [0, 0.05) is 42.5 Å². The molecule has 2 aromatic heterocycles. The first-order valence-corrected chi connectivity index (χ1v) is 12.0. The van der Waals surface area contributed by atoms with Gasteiger partial charge in [-0.25, -0.2) is 4.98 Å². The molecule has 2 aromatic carbocycles. The number of aromatic nitrogens is 2. The fraction of sp³-hybridized carbons (Fsp3) is 0.269. The highest BCUT2D eigenvalue weighted by molar-refractivity contribution is 7.15. The Bertz CT molecular complexity index is 1340. The summed E-state index contributed by atoms with van der Waals surface area (Å²) in [5, 5.41) is 0.556. The highest BCUT2D eigenvalue weighted by atomic mass is 32.1. The molecule has 0 aliphatic carbocycles. The van der Waals surface area contributed by atoms with Crippen LogP contribution in [0.3, 0.4) is 0 Å². The largest absolute Gasteiger partial charge is 0.339 e. The summed E-state index contributed by atoms with van der Waals surface area (Å²) >= 11 is 1.82. The predicted octanol–water partition coefficient (Wildman–Crippen LogP) is 3.78. The summed E-state index contributed by atoms with van der Waals surface area (Å²) in [6, 6.07) is 20.4. The van der Waals surface area contributed by atoms with Gasteiger partial charge in [-0.15, -0.1) is 11.3 Å². The summed E-state index contributed by atoms with van der Waals surface area (Å²) in [5.41, 5.74) is 2.74. The Kier molecular flexibility index (Phi) is 6.07. The Hall–Kier alpha value is -3.29. The van der Waals surface area contributed by atoms with Gasteiger partial charge in [-0.1, -0.05) is 42.5 Å². The second kappa shape index (κ2) is 9.29. The molecule has 1 saturated heterocycles. The average Bonchev–Trinajstić information content (AvgIpc) is 3.31. The van der Waals surface area contributed by atoms with Crippen LogP contribution in [-0.4, -0.2) is 51.4 Å². The van der Waals surface area contributed by atoms with Gasteiger partial charge in [-0.3, -0.25) is 19.1 Å². The van der Waals surface area contributed by atoms with Gasteiger partial charge < -0.3 is 4.90 Å². The lowest BCUT2D eigenvalue weighted by atomic mass is 10.1. The predicted molar refractivity (Wildman–Crippen MR) is 132 cm³/mol. The van der Waals surface area contributed by atoms with E-state index >= 15 is 0 Å². The van der Waals surface area contributed by atoms with Gasteiger partial charge in [0.15, 0.2) is 0 Å². The minimum absolute atomic E-state index is 0.0288. The molecule has 168 valence electrons. The Morgan fingerprint density at radius 3 is 2.55 bits per heavy atom. The van der Waals surface area contributed by atoms with E-state index in [0.29, 0.717) is 24.0 Å². The second-order valence-corrected chi connectivity index (χ2v) is 9.61. The van der Waals surface area contributed by atoms with E-state index in [1.54, 1.807) is 6.07 Å². The zero-order chi connectivity index (χ0) is 22.8. The quantitative estimate of drug-likeness (QED) is 0.457. The number of aryl methyl sites for hydroxylation is 1. The minimum Gasteiger partial charge on any atom is -0.339 e. The van der Waals surface area contributed by atoms with Crippen molar-refractivity contribution < 1.29 is 4.79 Å². The number of fused-ring (bicyclic) bond motifs is 1. The molecular formula is C26H26N4O2S. The van der Waals surface area contributed by atoms with Gasteiger partial charge in [0.25, 0.3) is 5.56 Å². The Labute approximate surface area is 196 Å². The molecule has 1 aliphatic heterocycles. The molecule has 1 amide bonds. The van der Waals surface area contributed by atoms with Crippen LogP contribution in [0.1, 0.15) is 10.4 Å². The van der Waals surface area contributed by atoms with Crippen molar-refractivity contribution in [2.45, 2.75) is 20.0 Å². The van der Waals surface area contributed by atoms with E-state index in [2.05, 4.69) is 46.3 Å². The van der Waals surface area contributed by atoms with E-state index in [9.17, 15) is 9.59 Å². The Morgan fingerprint density at radius 2 is 1.76 bits per heavy atom. The number of nitrogens with zero attached hydrogens (tertiary/aromatic N) is 4. The summed E-state index contributed by atoms with van der Waals surface area (Å²) in [6.45, 7) is 5.86. The van der Waals surface area contributed by atoms with Crippen LogP contribution in [0, 0.1) is 6.92 Å². The maximum absolute atomic E-state index is 12.9. The van der Waals surface area contributed by atoms with Crippen molar-refractivity contribution in [1.82, 2.24) is 19.4 Å². The van der Waals surface area contributed by atoms with E-state index in [1.807, 2.05) is 41.4 Å². The number of carbonyl (C=O) groups excluding carboxylic acids is 1. The topological polar surface area (TPSA) is 58.4 Å². The van der Waals surface area contributed by atoms with Crippen molar-refractivity contribution in [3.8, 4) is 10.4 Å². The molecule has 33 heavy (non-hydrogen) atoms. The van der Waals surface area contributed by atoms with Crippen molar-refractivity contribution in [3.63, 3.8) is 0 Å². The number of benzene rings is 2. The first-order valence-electron chi connectivity index (χ1n) is 11.2. The molecule has 7 heteroatoms. The SMILES string of the molecule is Cc1cccc2c(=O)n(CC(=O)N3CCN(Cc4ccc(-c5ccccc5)s4)CC3)cnc12. The molecule has 0 radical (unpaired) electrons. The molecule has 1 fully saturated rings. The van der Waals surface area contributed by atoms with Crippen LogP contribution < -0.4 is 5.56 Å². The average molecular weight is 459 g/mol. The van der Waals surface area contributed by atoms with Crippen molar-refractivity contribution in [1.29, 1.82) is 0 Å². The molecule has 0 bridgehead atoms. The number of hydrogen-bond acceptors (Lipinski definition) is 5. The third kappa shape index (κ3) is 4.60. The highest BCUT2D eigenvalue weighted by Gasteiger charge is 2.22. The molecular weight excluding hydrogens is 432 g/mol. The Morgan fingerprint density at radius 1 is 0.970 bits per heavy atom. The molecule has 0 atom stereocenters. The number of carbonyl (C=O) groups is 1. The van der Waals surface area contributed by atoms with Crippen LogP contribution in [0.15, 0.2) is 71.8 Å². The van der Waals surface area contributed by atoms with Crippen LogP contribution >= 0.6 is 11.3 Å². The van der Waals surface area contributed by atoms with Gasteiger partial charge in [-0.05, 0) is 36.2 Å². The number of amides is 1. The zero-order valence-electron chi connectivity index (χ0n) is 18.6. The van der Waals surface area contributed by atoms with Crippen molar-refractivity contribution in [3.05, 3.63) is 87.8 Å². The molecule has 0 spiro atoms. The molecule has 0 N–H and O–H groups in total. The standard InChI is InChI=1S/C26H26N4O2S/c1-19-6-5-9-22-25(19)27-18-30(26(22)32)17-24(31)29-14-12-28(13-15-29)16-21-10-11-23(33-21)20-7-3-2-4-8-20/h2-11,18H,12-17H2,1H3. The first-order chi connectivity index (χ1) is 16.1. The molecule has 3 heterocycles. The highest BCUT2D eigenvalue weighted by Crippen LogP contribution is 2.28. The number of hydrogen-bond donors (Lipinski definition) is 0. The van der Waals surface area contributed by atoms with Crippen molar-refractivity contribution in [2.75, 3.05) is 26.2 Å². The van der Waals surface area contributed by atoms with E-state index in [-0.39, 0.29) is 18.0 Å². The van der Waals surface area contributed by atoms with Crippen LogP contribution in [0.25, 0.3) is 21.3 Å². The third-order valence-corrected chi connectivity index (χ3v) is 7.30. The van der Waals surface area contributed by atoms with Gasteiger partial charge in [0.05, 0.1) is 17.2 Å². The van der Waals surface area contributed by atoms with Gasteiger partial charge in [0.1, 0.15) is 6.54 Å². The van der Waals surface area contributed by atoms with E-state index in [4.69, 9.17) is 0 Å². The summed E-state index contributed by atoms with van der Waals surface area (Å²) in [7, 11) is 0. The second-order valence-electron chi connectivity index (χ2n) is 8.44. The first kappa shape index (κ1) is 21.6. The maximum atomic E-state index is 12.9. The lowest BCUT2D eigenvalue weighted by Crippen LogP contribution is -2.49. The molecule has 5 rings (SSSR count). The van der Waals surface area contributed by atoms with E-state index in [1.165, 1.54) is 26.2 Å². The number of thiophene rings is 1. The van der Waals surface area contributed by atoms with E-state index in [0.717, 1.165) is 25.2 Å². The monoisotopic (exact) mass is 458 g/mol. The van der Waals surface area contributed by atoms with Crippen LogP contribution in [0.5, 0.6) is 0 Å². The minimum atomic E-state index is -0.164. The maximum Gasteiger partial charge on any atom is 0.261 e. The Balaban J connectivity index is 1.18.